The van der Waals surface area contributed by atoms with E-state index in [-0.39, 0.29) is 5.91 Å². The van der Waals surface area contributed by atoms with Crippen LogP contribution in [0.2, 0.25) is 0 Å². The molecule has 22 heavy (non-hydrogen) atoms. The predicted octanol–water partition coefficient (Wildman–Crippen LogP) is 3.55. The van der Waals surface area contributed by atoms with Crippen molar-refractivity contribution < 1.29 is 9.32 Å². The molecule has 0 radical (unpaired) electrons. The van der Waals surface area contributed by atoms with Crippen LogP contribution in [-0.4, -0.2) is 16.0 Å². The average molecular weight is 293 g/mol. The number of benzene rings is 2. The van der Waals surface area contributed by atoms with Gasteiger partial charge in [0.05, 0.1) is 0 Å². The van der Waals surface area contributed by atoms with Crippen LogP contribution in [0.25, 0.3) is 11.4 Å². The Hall–Kier alpha value is -2.95. The first-order valence-corrected chi connectivity index (χ1v) is 7.05. The first-order valence-electron chi connectivity index (χ1n) is 7.05. The monoisotopic (exact) mass is 293 g/mol. The Morgan fingerprint density at radius 2 is 1.95 bits per heavy atom. The van der Waals surface area contributed by atoms with E-state index in [0.29, 0.717) is 29.4 Å². The zero-order valence-corrected chi connectivity index (χ0v) is 12.1. The van der Waals surface area contributed by atoms with Crippen molar-refractivity contribution in [3.05, 3.63) is 66.1 Å². The third-order valence-electron chi connectivity index (χ3n) is 3.19. The topological polar surface area (TPSA) is 68.0 Å². The minimum Gasteiger partial charge on any atom is -0.339 e. The van der Waals surface area contributed by atoms with Crippen LogP contribution in [0.15, 0.2) is 59.1 Å². The van der Waals surface area contributed by atoms with E-state index in [1.165, 1.54) is 0 Å². The zero-order chi connectivity index (χ0) is 15.4. The Kier molecular flexibility index (Phi) is 3.96. The van der Waals surface area contributed by atoms with Gasteiger partial charge < -0.3 is 9.84 Å². The number of nitrogens with one attached hydrogen (secondary N) is 1. The van der Waals surface area contributed by atoms with Gasteiger partial charge in [0.15, 0.2) is 0 Å². The highest BCUT2D eigenvalue weighted by atomic mass is 16.5. The maximum absolute atomic E-state index is 12.2. The minimum absolute atomic E-state index is 0.153. The zero-order valence-electron chi connectivity index (χ0n) is 12.1. The summed E-state index contributed by atoms with van der Waals surface area (Å²) in [6, 6.07) is 16.4. The summed E-state index contributed by atoms with van der Waals surface area (Å²) in [5.41, 5.74) is 2.10. The summed E-state index contributed by atoms with van der Waals surface area (Å²) < 4.78 is 5.11. The van der Waals surface area contributed by atoms with Crippen LogP contribution in [0.1, 0.15) is 23.2 Å². The van der Waals surface area contributed by atoms with Gasteiger partial charge in [-0.05, 0) is 24.3 Å². The van der Waals surface area contributed by atoms with Gasteiger partial charge in [0.1, 0.15) is 0 Å². The number of amides is 1. The molecule has 0 fully saturated rings. The number of hydrogen-bond donors (Lipinski definition) is 1. The van der Waals surface area contributed by atoms with Crippen molar-refractivity contribution in [1.29, 1.82) is 0 Å². The van der Waals surface area contributed by atoms with Crippen LogP contribution in [0.3, 0.4) is 0 Å². The molecule has 0 bridgehead atoms. The second kappa shape index (κ2) is 6.22. The molecule has 0 saturated heterocycles. The number of carbonyl (C=O) groups is 1. The Balaban J connectivity index is 1.81. The summed E-state index contributed by atoms with van der Waals surface area (Å²) in [6.45, 7) is 1.95. The van der Waals surface area contributed by atoms with E-state index in [1.807, 2.05) is 49.4 Å². The second-order valence-electron chi connectivity index (χ2n) is 4.77. The molecule has 0 saturated carbocycles. The smallest absolute Gasteiger partial charge is 0.255 e. The van der Waals surface area contributed by atoms with Crippen molar-refractivity contribution in [2.24, 2.45) is 0 Å². The van der Waals surface area contributed by atoms with Gasteiger partial charge in [-0.1, -0.05) is 42.4 Å². The van der Waals surface area contributed by atoms with Gasteiger partial charge in [-0.2, -0.15) is 4.98 Å². The fourth-order valence-corrected chi connectivity index (χ4v) is 2.04. The molecule has 0 aliphatic rings. The fraction of sp³-hybridized carbons (Fsp3) is 0.118. The van der Waals surface area contributed by atoms with Crippen molar-refractivity contribution in [1.82, 2.24) is 10.1 Å². The molecule has 0 aliphatic heterocycles. The Morgan fingerprint density at radius 3 is 2.68 bits per heavy atom. The molecule has 1 heterocycles. The van der Waals surface area contributed by atoms with Crippen LogP contribution in [-0.2, 0) is 6.42 Å². The van der Waals surface area contributed by atoms with Crippen LogP contribution in [0.4, 0.5) is 5.69 Å². The summed E-state index contributed by atoms with van der Waals surface area (Å²) in [7, 11) is 0. The quantitative estimate of drug-likeness (QED) is 0.798. The molecular formula is C17H15N3O2. The van der Waals surface area contributed by atoms with Gasteiger partial charge in [0, 0.05) is 23.2 Å². The molecule has 0 unspecified atom stereocenters. The molecule has 1 N–H and O–H groups in total. The molecule has 3 aromatic rings. The molecular weight excluding hydrogens is 278 g/mol. The highest BCUT2D eigenvalue weighted by molar-refractivity contribution is 6.04. The van der Waals surface area contributed by atoms with Gasteiger partial charge in [0.2, 0.25) is 11.7 Å². The first-order chi connectivity index (χ1) is 10.8. The lowest BCUT2D eigenvalue weighted by molar-refractivity contribution is 0.102. The maximum atomic E-state index is 12.2. The molecule has 0 atom stereocenters. The number of nitrogens with zero attached hydrogens (tertiary/aromatic N) is 2. The van der Waals surface area contributed by atoms with E-state index in [0.717, 1.165) is 5.56 Å². The molecule has 2 aromatic carbocycles. The number of aromatic nitrogens is 2. The summed E-state index contributed by atoms with van der Waals surface area (Å²) in [4.78, 5) is 16.4. The second-order valence-corrected chi connectivity index (χ2v) is 4.77. The number of anilines is 1. The molecule has 0 aliphatic carbocycles. The van der Waals surface area contributed by atoms with E-state index in [1.54, 1.807) is 12.1 Å². The fourth-order valence-electron chi connectivity index (χ4n) is 2.04. The normalized spacial score (nSPS) is 10.4. The molecule has 1 aromatic heterocycles. The van der Waals surface area contributed by atoms with Crippen molar-refractivity contribution >= 4 is 11.6 Å². The highest BCUT2D eigenvalue weighted by Gasteiger charge is 2.09. The minimum atomic E-state index is -0.153. The largest absolute Gasteiger partial charge is 0.339 e. The van der Waals surface area contributed by atoms with Crippen molar-refractivity contribution in [2.45, 2.75) is 13.3 Å². The van der Waals surface area contributed by atoms with E-state index in [2.05, 4.69) is 15.5 Å². The van der Waals surface area contributed by atoms with E-state index < -0.39 is 0 Å². The highest BCUT2D eigenvalue weighted by Crippen LogP contribution is 2.20. The molecule has 5 nitrogen and oxygen atoms in total. The summed E-state index contributed by atoms with van der Waals surface area (Å²) >= 11 is 0. The predicted molar refractivity (Wildman–Crippen MR) is 83.5 cm³/mol. The van der Waals surface area contributed by atoms with Gasteiger partial charge in [0.25, 0.3) is 5.91 Å². The molecule has 5 heteroatoms. The lowest BCUT2D eigenvalue weighted by atomic mass is 10.1. The number of hydrogen-bond acceptors (Lipinski definition) is 4. The lowest BCUT2D eigenvalue weighted by Gasteiger charge is -2.06. The number of carbonyl (C=O) groups excluding carboxylic acids is 1. The van der Waals surface area contributed by atoms with Crippen molar-refractivity contribution in [2.75, 3.05) is 5.32 Å². The molecule has 0 spiro atoms. The van der Waals surface area contributed by atoms with Gasteiger partial charge in [-0.15, -0.1) is 0 Å². The Bertz CT molecular complexity index is 781. The van der Waals surface area contributed by atoms with Crippen LogP contribution >= 0.6 is 0 Å². The van der Waals surface area contributed by atoms with E-state index in [9.17, 15) is 4.79 Å². The van der Waals surface area contributed by atoms with Crippen molar-refractivity contribution in [3.63, 3.8) is 0 Å². The number of aryl methyl sites for hydroxylation is 1. The molecule has 1 amide bonds. The van der Waals surface area contributed by atoms with Crippen LogP contribution in [0, 0.1) is 0 Å². The van der Waals surface area contributed by atoms with Gasteiger partial charge in [-0.3, -0.25) is 4.79 Å². The lowest BCUT2D eigenvalue weighted by Crippen LogP contribution is -2.11. The number of rotatable bonds is 4. The summed E-state index contributed by atoms with van der Waals surface area (Å²) in [6.07, 6.45) is 0.692. The van der Waals surface area contributed by atoms with E-state index in [4.69, 9.17) is 4.52 Å². The molecule has 3 rings (SSSR count). The third-order valence-corrected chi connectivity index (χ3v) is 3.19. The van der Waals surface area contributed by atoms with Crippen LogP contribution < -0.4 is 5.32 Å². The average Bonchev–Trinajstić information content (AvgIpc) is 3.05. The SMILES string of the molecule is CCc1nc(-c2cccc(NC(=O)c3ccccc3)c2)no1. The van der Waals surface area contributed by atoms with Crippen molar-refractivity contribution in [3.8, 4) is 11.4 Å². The van der Waals surface area contributed by atoms with E-state index >= 15 is 0 Å². The molecule has 110 valence electrons. The summed E-state index contributed by atoms with van der Waals surface area (Å²) in [5.74, 6) is 0.960. The summed E-state index contributed by atoms with van der Waals surface area (Å²) in [5, 5.41) is 6.80. The van der Waals surface area contributed by atoms with Crippen LogP contribution in [0.5, 0.6) is 0 Å². The Morgan fingerprint density at radius 1 is 1.14 bits per heavy atom. The standard InChI is InChI=1S/C17H15N3O2/c1-2-15-19-16(20-22-15)13-9-6-10-14(11-13)18-17(21)12-7-4-3-5-8-12/h3-11H,2H2,1H3,(H,18,21). The first kappa shape index (κ1) is 14.0. The Labute approximate surface area is 128 Å². The third kappa shape index (κ3) is 3.03. The maximum Gasteiger partial charge on any atom is 0.255 e. The van der Waals surface area contributed by atoms with Gasteiger partial charge >= 0.3 is 0 Å². The van der Waals surface area contributed by atoms with Gasteiger partial charge in [-0.25, -0.2) is 0 Å².